The second-order valence-electron chi connectivity index (χ2n) is 6.73. The zero-order valence-corrected chi connectivity index (χ0v) is 16.5. The number of fused-ring (bicyclic) bond motifs is 3. The molecule has 11 heteroatoms. The number of hydrogen-bond acceptors (Lipinski definition) is 7. The molecule has 0 spiro atoms. The third kappa shape index (κ3) is 3.67. The number of H-pyrrole nitrogens is 3. The summed E-state index contributed by atoms with van der Waals surface area (Å²) in [6.45, 7) is 2.21. The van der Waals surface area contributed by atoms with E-state index < -0.39 is 17.2 Å². The van der Waals surface area contributed by atoms with Gasteiger partial charge < -0.3 is 15.3 Å². The smallest absolute Gasteiger partial charge is 0.320 e. The number of nitrogens with one attached hydrogen (secondary N) is 4. The third-order valence-corrected chi connectivity index (χ3v) is 6.60. The fraction of sp³-hybridized carbons (Fsp3) is 0.353. The van der Waals surface area contributed by atoms with E-state index in [0.29, 0.717) is 21.3 Å². The number of amides is 1. The van der Waals surface area contributed by atoms with Crippen molar-refractivity contribution in [1.29, 1.82) is 0 Å². The minimum absolute atomic E-state index is 0.0465. The number of aromatic nitrogens is 4. The largest absolute Gasteiger partial charge is 0.325 e. The van der Waals surface area contributed by atoms with Crippen LogP contribution in [0.25, 0.3) is 10.2 Å². The van der Waals surface area contributed by atoms with Crippen molar-refractivity contribution in [3.05, 3.63) is 47.8 Å². The van der Waals surface area contributed by atoms with Gasteiger partial charge >= 0.3 is 5.69 Å². The van der Waals surface area contributed by atoms with E-state index in [-0.39, 0.29) is 17.0 Å². The van der Waals surface area contributed by atoms with Crippen LogP contribution in [0.1, 0.15) is 23.8 Å². The highest BCUT2D eigenvalue weighted by Gasteiger charge is 2.23. The van der Waals surface area contributed by atoms with Crippen molar-refractivity contribution in [2.75, 3.05) is 11.1 Å². The van der Waals surface area contributed by atoms with Gasteiger partial charge in [0.2, 0.25) is 5.91 Å². The quantitative estimate of drug-likeness (QED) is 0.370. The number of carbonyl (C=O) groups is 1. The second-order valence-corrected chi connectivity index (χ2v) is 8.77. The minimum atomic E-state index is -0.687. The minimum Gasteiger partial charge on any atom is -0.320 e. The number of nitrogens with zero attached hydrogens (tertiary/aromatic N) is 1. The zero-order chi connectivity index (χ0) is 19.8. The van der Waals surface area contributed by atoms with Crippen LogP contribution in [0.5, 0.6) is 0 Å². The predicted octanol–water partition coefficient (Wildman–Crippen LogP) is 1.22. The van der Waals surface area contributed by atoms with Crippen molar-refractivity contribution in [1.82, 2.24) is 19.9 Å². The Labute approximate surface area is 166 Å². The van der Waals surface area contributed by atoms with E-state index in [1.165, 1.54) is 4.88 Å². The molecule has 1 unspecified atom stereocenters. The fourth-order valence-electron chi connectivity index (χ4n) is 3.22. The lowest BCUT2D eigenvalue weighted by atomic mass is 9.89. The lowest BCUT2D eigenvalue weighted by Gasteiger charge is -2.17. The lowest BCUT2D eigenvalue weighted by Crippen LogP contribution is -2.27. The Balaban J connectivity index is 1.50. The Kier molecular flexibility index (Phi) is 4.94. The highest BCUT2D eigenvalue weighted by Crippen LogP contribution is 2.36. The van der Waals surface area contributed by atoms with E-state index in [9.17, 15) is 19.2 Å². The van der Waals surface area contributed by atoms with Crippen molar-refractivity contribution >= 4 is 44.9 Å². The van der Waals surface area contributed by atoms with Crippen molar-refractivity contribution < 1.29 is 4.79 Å². The van der Waals surface area contributed by atoms with E-state index in [1.807, 2.05) is 4.98 Å². The second kappa shape index (κ2) is 7.40. The predicted molar refractivity (Wildman–Crippen MR) is 108 cm³/mol. The molecule has 9 nitrogen and oxygen atoms in total. The standard InChI is InChI=1S/C17H17N5O4S2/c1-7-2-3-8-10(4-7)28-15-12(8)14(25)21-17(22-15)27-6-11(23)19-9-5-18-16(26)20-13(9)24/h5,7H,2-4,6H2,1H3,(H,19,23)(H,21,22,25)(H2,18,20,24,26). The fourth-order valence-corrected chi connectivity index (χ4v) is 5.32. The monoisotopic (exact) mass is 419 g/mol. The van der Waals surface area contributed by atoms with Crippen LogP contribution >= 0.6 is 23.1 Å². The van der Waals surface area contributed by atoms with Crippen LogP contribution in [0.15, 0.2) is 25.7 Å². The first-order valence-corrected chi connectivity index (χ1v) is 10.5. The molecule has 0 aliphatic heterocycles. The molecule has 3 aromatic heterocycles. The molecule has 0 bridgehead atoms. The molecule has 4 N–H and O–H groups in total. The Bertz CT molecular complexity index is 1240. The first-order valence-electron chi connectivity index (χ1n) is 8.70. The Morgan fingerprint density at radius 1 is 1.32 bits per heavy atom. The molecule has 0 fully saturated rings. The number of hydrogen-bond donors (Lipinski definition) is 4. The van der Waals surface area contributed by atoms with Gasteiger partial charge in [-0.05, 0) is 30.7 Å². The van der Waals surface area contributed by atoms with Crippen molar-refractivity contribution in [2.24, 2.45) is 5.92 Å². The molecule has 0 radical (unpaired) electrons. The molecule has 28 heavy (non-hydrogen) atoms. The number of anilines is 1. The van der Waals surface area contributed by atoms with Gasteiger partial charge in [0.05, 0.1) is 11.1 Å². The number of thioether (sulfide) groups is 1. The molecule has 1 atom stereocenters. The lowest BCUT2D eigenvalue weighted by molar-refractivity contribution is -0.113. The molecular weight excluding hydrogens is 402 g/mol. The molecule has 1 aliphatic rings. The van der Waals surface area contributed by atoms with Gasteiger partial charge in [-0.2, -0.15) is 0 Å². The topological polar surface area (TPSA) is 141 Å². The average Bonchev–Trinajstić information content (AvgIpc) is 3.00. The normalized spacial score (nSPS) is 16.1. The molecule has 1 aliphatic carbocycles. The van der Waals surface area contributed by atoms with Crippen LogP contribution in [0, 0.1) is 5.92 Å². The van der Waals surface area contributed by atoms with E-state index in [2.05, 4.69) is 27.2 Å². The molecule has 4 rings (SSSR count). The van der Waals surface area contributed by atoms with Gasteiger partial charge in [0.15, 0.2) is 5.16 Å². The Morgan fingerprint density at radius 2 is 2.14 bits per heavy atom. The first kappa shape index (κ1) is 18.7. The van der Waals surface area contributed by atoms with E-state index in [4.69, 9.17) is 0 Å². The van der Waals surface area contributed by atoms with Crippen LogP contribution in [0.4, 0.5) is 5.69 Å². The van der Waals surface area contributed by atoms with Gasteiger partial charge in [0.1, 0.15) is 10.5 Å². The molecule has 1 amide bonds. The van der Waals surface area contributed by atoms with Gasteiger partial charge in [-0.15, -0.1) is 11.3 Å². The summed E-state index contributed by atoms with van der Waals surface area (Å²) in [5, 5.41) is 3.44. The summed E-state index contributed by atoms with van der Waals surface area (Å²) in [5.74, 6) is 0.104. The maximum Gasteiger partial charge on any atom is 0.325 e. The van der Waals surface area contributed by atoms with Gasteiger partial charge in [0, 0.05) is 11.1 Å². The highest BCUT2D eigenvalue weighted by atomic mass is 32.2. The molecular formula is C17H17N5O4S2. The molecule has 0 aromatic carbocycles. The molecule has 0 saturated carbocycles. The van der Waals surface area contributed by atoms with E-state index >= 15 is 0 Å². The molecule has 0 saturated heterocycles. The number of carbonyl (C=O) groups excluding carboxylic acids is 1. The number of aryl methyl sites for hydroxylation is 1. The highest BCUT2D eigenvalue weighted by molar-refractivity contribution is 7.99. The van der Waals surface area contributed by atoms with Crippen LogP contribution in [0.2, 0.25) is 0 Å². The number of thiophene rings is 1. The average molecular weight is 419 g/mol. The maximum atomic E-state index is 12.5. The third-order valence-electron chi connectivity index (χ3n) is 4.58. The summed E-state index contributed by atoms with van der Waals surface area (Å²) in [6, 6.07) is 0. The van der Waals surface area contributed by atoms with E-state index in [1.54, 1.807) is 11.3 Å². The number of aromatic amines is 3. The first-order chi connectivity index (χ1) is 13.4. The van der Waals surface area contributed by atoms with Crippen LogP contribution in [0.3, 0.4) is 0 Å². The van der Waals surface area contributed by atoms with Gasteiger partial charge in [-0.25, -0.2) is 9.78 Å². The zero-order valence-electron chi connectivity index (χ0n) is 14.9. The summed E-state index contributed by atoms with van der Waals surface area (Å²) < 4.78 is 0. The summed E-state index contributed by atoms with van der Waals surface area (Å²) in [5.41, 5.74) is -0.466. The van der Waals surface area contributed by atoms with Crippen molar-refractivity contribution in [3.63, 3.8) is 0 Å². The maximum absolute atomic E-state index is 12.5. The van der Waals surface area contributed by atoms with Crippen LogP contribution < -0.4 is 22.1 Å². The number of rotatable bonds is 4. The van der Waals surface area contributed by atoms with E-state index in [0.717, 1.165) is 42.8 Å². The van der Waals surface area contributed by atoms with Crippen LogP contribution in [-0.2, 0) is 17.6 Å². The summed E-state index contributed by atoms with van der Waals surface area (Å²) in [4.78, 5) is 60.7. The Hall–Kier alpha value is -2.66. The van der Waals surface area contributed by atoms with Crippen LogP contribution in [-0.4, -0.2) is 31.6 Å². The summed E-state index contributed by atoms with van der Waals surface area (Å²) in [6.07, 6.45) is 4.06. The molecule has 146 valence electrons. The molecule has 3 aromatic rings. The summed E-state index contributed by atoms with van der Waals surface area (Å²) >= 11 is 2.62. The SMILES string of the molecule is CC1CCc2c(sc3nc(SCC(=O)Nc4c[nH]c(=O)[nH]c4=O)[nH]c(=O)c23)C1. The van der Waals surface area contributed by atoms with Crippen molar-refractivity contribution in [2.45, 2.75) is 31.3 Å². The van der Waals surface area contributed by atoms with Crippen molar-refractivity contribution in [3.8, 4) is 0 Å². The molecule has 3 heterocycles. The van der Waals surface area contributed by atoms with Gasteiger partial charge in [0.25, 0.3) is 11.1 Å². The van der Waals surface area contributed by atoms with Gasteiger partial charge in [-0.3, -0.25) is 19.4 Å². The van der Waals surface area contributed by atoms with Gasteiger partial charge in [-0.1, -0.05) is 18.7 Å². The summed E-state index contributed by atoms with van der Waals surface area (Å²) in [7, 11) is 0. The Morgan fingerprint density at radius 3 is 2.93 bits per heavy atom.